The first-order valence-corrected chi connectivity index (χ1v) is 9.62. The minimum atomic E-state index is 0.298. The molecular formula is C20H29N3O. The number of carbonyl (C=O) groups is 1. The summed E-state index contributed by atoms with van der Waals surface area (Å²) in [5, 5.41) is 0. The average Bonchev–Trinajstić information content (AvgIpc) is 3.12. The van der Waals surface area contributed by atoms with Crippen LogP contribution in [0.2, 0.25) is 0 Å². The van der Waals surface area contributed by atoms with Crippen LogP contribution in [0.25, 0.3) is 0 Å². The zero-order chi connectivity index (χ0) is 16.6. The highest BCUT2D eigenvalue weighted by Gasteiger charge is 2.43. The lowest BCUT2D eigenvalue weighted by molar-refractivity contribution is -0.140. The van der Waals surface area contributed by atoms with Crippen LogP contribution in [0.5, 0.6) is 0 Å². The SMILES string of the molecule is Cc1cc(N2CCC[C@@]3(CCC(=O)N(C4CCCC4)C3)C2)ccn1. The number of likely N-dealkylation sites (tertiary alicyclic amines) is 1. The lowest BCUT2D eigenvalue weighted by Gasteiger charge is -2.50. The second-order valence-electron chi connectivity index (χ2n) is 8.14. The summed E-state index contributed by atoms with van der Waals surface area (Å²) in [5.74, 6) is 0.407. The first-order chi connectivity index (χ1) is 11.7. The summed E-state index contributed by atoms with van der Waals surface area (Å²) in [6, 6.07) is 4.85. The van der Waals surface area contributed by atoms with Gasteiger partial charge in [-0.15, -0.1) is 0 Å². The number of nitrogens with zero attached hydrogens (tertiary/aromatic N) is 3. The molecule has 1 spiro atoms. The molecular weight excluding hydrogens is 298 g/mol. The summed E-state index contributed by atoms with van der Waals surface area (Å²) in [5.41, 5.74) is 2.68. The third-order valence-electron chi connectivity index (χ3n) is 6.37. The summed E-state index contributed by atoms with van der Waals surface area (Å²) >= 11 is 0. The summed E-state index contributed by atoms with van der Waals surface area (Å²) in [6.07, 6.45) is 11.3. The number of hydrogen-bond acceptors (Lipinski definition) is 3. The molecule has 0 unspecified atom stereocenters. The van der Waals surface area contributed by atoms with Gasteiger partial charge in [-0.2, -0.15) is 0 Å². The summed E-state index contributed by atoms with van der Waals surface area (Å²) in [7, 11) is 0. The Balaban J connectivity index is 1.52. The fourth-order valence-electron chi connectivity index (χ4n) is 5.08. The van der Waals surface area contributed by atoms with Crippen LogP contribution in [-0.4, -0.2) is 41.5 Å². The topological polar surface area (TPSA) is 36.4 Å². The van der Waals surface area contributed by atoms with Crippen LogP contribution in [0.1, 0.15) is 57.1 Å². The van der Waals surface area contributed by atoms with E-state index in [1.165, 1.54) is 44.2 Å². The Kier molecular flexibility index (Phi) is 4.23. The van der Waals surface area contributed by atoms with Crippen LogP contribution in [0.4, 0.5) is 5.69 Å². The van der Waals surface area contributed by atoms with Crippen molar-refractivity contribution in [2.45, 2.75) is 64.3 Å². The molecule has 1 saturated carbocycles. The Morgan fingerprint density at radius 2 is 2.00 bits per heavy atom. The number of aryl methyl sites for hydroxylation is 1. The summed E-state index contributed by atoms with van der Waals surface area (Å²) < 4.78 is 0. The molecule has 3 heterocycles. The fourth-order valence-corrected chi connectivity index (χ4v) is 5.08. The van der Waals surface area contributed by atoms with E-state index in [9.17, 15) is 4.79 Å². The number of amides is 1. The van der Waals surface area contributed by atoms with Crippen molar-refractivity contribution in [1.82, 2.24) is 9.88 Å². The van der Waals surface area contributed by atoms with Gasteiger partial charge < -0.3 is 9.80 Å². The highest BCUT2D eigenvalue weighted by molar-refractivity contribution is 5.77. The highest BCUT2D eigenvalue weighted by Crippen LogP contribution is 2.42. The van der Waals surface area contributed by atoms with Gasteiger partial charge in [0.1, 0.15) is 0 Å². The quantitative estimate of drug-likeness (QED) is 0.833. The Hall–Kier alpha value is -1.58. The predicted octanol–water partition coefficient (Wildman–Crippen LogP) is 3.54. The van der Waals surface area contributed by atoms with Crippen molar-refractivity contribution in [3.63, 3.8) is 0 Å². The fraction of sp³-hybridized carbons (Fsp3) is 0.700. The minimum Gasteiger partial charge on any atom is -0.371 e. The number of piperidine rings is 2. The summed E-state index contributed by atoms with van der Waals surface area (Å²) in [6.45, 7) is 5.26. The predicted molar refractivity (Wildman–Crippen MR) is 96.1 cm³/mol. The molecule has 4 rings (SSSR count). The van der Waals surface area contributed by atoms with Gasteiger partial charge in [-0.3, -0.25) is 9.78 Å². The molecule has 1 aliphatic carbocycles. The monoisotopic (exact) mass is 327 g/mol. The van der Waals surface area contributed by atoms with Gasteiger partial charge in [0.05, 0.1) is 0 Å². The Bertz CT molecular complexity index is 611. The average molecular weight is 327 g/mol. The maximum atomic E-state index is 12.5. The van der Waals surface area contributed by atoms with Crippen LogP contribution in [-0.2, 0) is 4.79 Å². The third kappa shape index (κ3) is 3.03. The number of aromatic nitrogens is 1. The Morgan fingerprint density at radius 1 is 1.17 bits per heavy atom. The number of hydrogen-bond donors (Lipinski definition) is 0. The second-order valence-corrected chi connectivity index (χ2v) is 8.14. The third-order valence-corrected chi connectivity index (χ3v) is 6.37. The van der Waals surface area contributed by atoms with Gasteiger partial charge in [0.15, 0.2) is 0 Å². The molecule has 3 aliphatic rings. The largest absolute Gasteiger partial charge is 0.371 e. The molecule has 24 heavy (non-hydrogen) atoms. The van der Waals surface area contributed by atoms with Gasteiger partial charge >= 0.3 is 0 Å². The van der Waals surface area contributed by atoms with Crippen LogP contribution < -0.4 is 4.90 Å². The molecule has 4 nitrogen and oxygen atoms in total. The molecule has 130 valence electrons. The van der Waals surface area contributed by atoms with E-state index in [0.29, 0.717) is 17.4 Å². The van der Waals surface area contributed by atoms with Crippen LogP contribution in [0, 0.1) is 12.3 Å². The van der Waals surface area contributed by atoms with Gasteiger partial charge in [-0.05, 0) is 51.2 Å². The van der Waals surface area contributed by atoms with Crippen molar-refractivity contribution < 1.29 is 4.79 Å². The highest BCUT2D eigenvalue weighted by atomic mass is 16.2. The lowest BCUT2D eigenvalue weighted by Crippen LogP contribution is -2.56. The molecule has 1 amide bonds. The van der Waals surface area contributed by atoms with E-state index in [2.05, 4.69) is 33.8 Å². The van der Waals surface area contributed by atoms with Gasteiger partial charge in [0, 0.05) is 55.1 Å². The molecule has 3 fully saturated rings. The normalized spacial score (nSPS) is 28.8. The van der Waals surface area contributed by atoms with Gasteiger partial charge in [0.25, 0.3) is 0 Å². The Morgan fingerprint density at radius 3 is 2.79 bits per heavy atom. The number of anilines is 1. The molecule has 0 radical (unpaired) electrons. The number of pyridine rings is 1. The van der Waals surface area contributed by atoms with E-state index < -0.39 is 0 Å². The van der Waals surface area contributed by atoms with E-state index >= 15 is 0 Å². The molecule has 0 N–H and O–H groups in total. The van der Waals surface area contributed by atoms with E-state index in [4.69, 9.17) is 0 Å². The van der Waals surface area contributed by atoms with E-state index in [0.717, 1.165) is 38.2 Å². The van der Waals surface area contributed by atoms with Crippen molar-refractivity contribution >= 4 is 11.6 Å². The Labute approximate surface area is 145 Å². The second kappa shape index (κ2) is 6.38. The van der Waals surface area contributed by atoms with Gasteiger partial charge in [-0.1, -0.05) is 12.8 Å². The minimum absolute atomic E-state index is 0.298. The molecule has 0 aromatic carbocycles. The van der Waals surface area contributed by atoms with E-state index in [-0.39, 0.29) is 0 Å². The zero-order valence-corrected chi connectivity index (χ0v) is 14.8. The molecule has 1 aromatic heterocycles. The van der Waals surface area contributed by atoms with Crippen molar-refractivity contribution in [3.05, 3.63) is 24.0 Å². The first-order valence-electron chi connectivity index (χ1n) is 9.62. The van der Waals surface area contributed by atoms with Crippen molar-refractivity contribution in [3.8, 4) is 0 Å². The molecule has 0 bridgehead atoms. The van der Waals surface area contributed by atoms with Gasteiger partial charge in [-0.25, -0.2) is 0 Å². The van der Waals surface area contributed by atoms with Gasteiger partial charge in [0.2, 0.25) is 5.91 Å². The van der Waals surface area contributed by atoms with Crippen molar-refractivity contribution in [1.29, 1.82) is 0 Å². The van der Waals surface area contributed by atoms with Crippen molar-refractivity contribution in [2.75, 3.05) is 24.5 Å². The number of rotatable bonds is 2. The molecule has 2 saturated heterocycles. The van der Waals surface area contributed by atoms with Crippen molar-refractivity contribution in [2.24, 2.45) is 5.41 Å². The van der Waals surface area contributed by atoms with Crippen LogP contribution in [0.3, 0.4) is 0 Å². The lowest BCUT2D eigenvalue weighted by atomic mass is 9.73. The molecule has 1 aromatic rings. The first kappa shape index (κ1) is 15.9. The van der Waals surface area contributed by atoms with Crippen LogP contribution >= 0.6 is 0 Å². The maximum Gasteiger partial charge on any atom is 0.222 e. The standard InChI is InChI=1S/C20H29N3O/c1-16-13-18(8-11-21-16)22-12-4-9-20(14-22)10-7-19(24)23(15-20)17-5-2-3-6-17/h8,11,13,17H,2-7,9-10,12,14-15H2,1H3/t20-/m1/s1. The zero-order valence-electron chi connectivity index (χ0n) is 14.8. The smallest absolute Gasteiger partial charge is 0.222 e. The van der Waals surface area contributed by atoms with E-state index in [1.807, 2.05) is 6.20 Å². The molecule has 2 aliphatic heterocycles. The van der Waals surface area contributed by atoms with Crippen LogP contribution in [0.15, 0.2) is 18.3 Å². The molecule has 4 heteroatoms. The van der Waals surface area contributed by atoms with E-state index in [1.54, 1.807) is 0 Å². The number of carbonyl (C=O) groups excluding carboxylic acids is 1. The maximum absolute atomic E-state index is 12.5. The molecule has 1 atom stereocenters. The summed E-state index contributed by atoms with van der Waals surface area (Å²) in [4.78, 5) is 21.6.